The van der Waals surface area contributed by atoms with Crippen LogP contribution in [0.1, 0.15) is 23.1 Å². The van der Waals surface area contributed by atoms with Gasteiger partial charge in [-0.3, -0.25) is 4.68 Å². The van der Waals surface area contributed by atoms with Gasteiger partial charge < -0.3 is 14.9 Å². The molecule has 92 valence electrons. The highest BCUT2D eigenvalue weighted by Gasteiger charge is 2.17. The average Bonchev–Trinajstić information content (AvgIpc) is 2.94. The molecule has 2 aromatic rings. The van der Waals surface area contributed by atoms with Crippen molar-refractivity contribution in [3.8, 4) is 0 Å². The molecule has 0 spiro atoms. The zero-order chi connectivity index (χ0) is 12.3. The summed E-state index contributed by atoms with van der Waals surface area (Å²) in [6.07, 6.45) is 3.40. The minimum absolute atomic E-state index is 0.215. The van der Waals surface area contributed by atoms with Gasteiger partial charge in [-0.25, -0.2) is 0 Å². The van der Waals surface area contributed by atoms with Gasteiger partial charge in [0.25, 0.3) is 0 Å². The van der Waals surface area contributed by atoms with Crippen LogP contribution >= 0.6 is 0 Å². The van der Waals surface area contributed by atoms with E-state index in [9.17, 15) is 0 Å². The Balaban J connectivity index is 2.22. The second-order valence-corrected chi connectivity index (χ2v) is 3.88. The summed E-state index contributed by atoms with van der Waals surface area (Å²) in [7, 11) is 1.67. The molecule has 0 aliphatic rings. The lowest BCUT2D eigenvalue weighted by Gasteiger charge is -2.13. The van der Waals surface area contributed by atoms with E-state index >= 15 is 0 Å². The molecule has 2 rings (SSSR count). The van der Waals surface area contributed by atoms with E-state index in [0.29, 0.717) is 13.2 Å². The Kier molecular flexibility index (Phi) is 3.61. The topological polar surface area (TPSA) is 66.2 Å². The smallest absolute Gasteiger partial charge is 0.105 e. The van der Waals surface area contributed by atoms with Crippen molar-refractivity contribution in [1.29, 1.82) is 0 Å². The molecule has 0 saturated heterocycles. The van der Waals surface area contributed by atoms with Gasteiger partial charge in [0.2, 0.25) is 0 Å². The van der Waals surface area contributed by atoms with Crippen molar-refractivity contribution in [2.45, 2.75) is 19.5 Å². The van der Waals surface area contributed by atoms with Gasteiger partial charge in [0, 0.05) is 18.9 Å². The standard InChI is InChI=1S/C12H17N3O2/c1-9-10(4-7-17-9)12(13)11-3-5-14-15(11)6-8-16-2/h3-5,7,12H,6,8,13H2,1-2H3. The predicted molar refractivity (Wildman–Crippen MR) is 63.6 cm³/mol. The lowest BCUT2D eigenvalue weighted by Crippen LogP contribution is -2.19. The molecular formula is C12H17N3O2. The maximum atomic E-state index is 6.22. The summed E-state index contributed by atoms with van der Waals surface area (Å²) in [6.45, 7) is 3.22. The van der Waals surface area contributed by atoms with E-state index in [1.54, 1.807) is 19.6 Å². The fraction of sp³-hybridized carbons (Fsp3) is 0.417. The second kappa shape index (κ2) is 5.16. The molecule has 0 radical (unpaired) electrons. The molecule has 0 aliphatic carbocycles. The number of hydrogen-bond donors (Lipinski definition) is 1. The van der Waals surface area contributed by atoms with Crippen molar-refractivity contribution in [1.82, 2.24) is 9.78 Å². The number of nitrogens with two attached hydrogens (primary N) is 1. The minimum atomic E-state index is -0.215. The minimum Gasteiger partial charge on any atom is -0.469 e. The third-order valence-electron chi connectivity index (χ3n) is 2.81. The van der Waals surface area contributed by atoms with Crippen LogP contribution in [0.25, 0.3) is 0 Å². The second-order valence-electron chi connectivity index (χ2n) is 3.88. The van der Waals surface area contributed by atoms with E-state index in [2.05, 4.69) is 5.10 Å². The van der Waals surface area contributed by atoms with Gasteiger partial charge in [-0.05, 0) is 19.1 Å². The third kappa shape index (κ3) is 2.40. The zero-order valence-corrected chi connectivity index (χ0v) is 10.1. The summed E-state index contributed by atoms with van der Waals surface area (Å²) < 4.78 is 12.2. The molecule has 1 atom stereocenters. The molecule has 0 bridgehead atoms. The van der Waals surface area contributed by atoms with Crippen LogP contribution in [-0.2, 0) is 11.3 Å². The molecule has 2 heterocycles. The maximum absolute atomic E-state index is 6.22. The Morgan fingerprint density at radius 3 is 3.00 bits per heavy atom. The van der Waals surface area contributed by atoms with Crippen LogP contribution in [0.15, 0.2) is 29.0 Å². The molecule has 5 heteroatoms. The van der Waals surface area contributed by atoms with Gasteiger partial charge in [0.05, 0.1) is 31.2 Å². The highest BCUT2D eigenvalue weighted by Crippen LogP contribution is 2.23. The van der Waals surface area contributed by atoms with Crippen LogP contribution in [0.2, 0.25) is 0 Å². The summed E-state index contributed by atoms with van der Waals surface area (Å²) in [5, 5.41) is 4.24. The number of furan rings is 1. The highest BCUT2D eigenvalue weighted by molar-refractivity contribution is 5.28. The van der Waals surface area contributed by atoms with Crippen molar-refractivity contribution < 1.29 is 9.15 Å². The summed E-state index contributed by atoms with van der Waals surface area (Å²) in [5.41, 5.74) is 8.17. The van der Waals surface area contributed by atoms with Gasteiger partial charge >= 0.3 is 0 Å². The first kappa shape index (κ1) is 11.9. The number of ether oxygens (including phenoxy) is 1. The lowest BCUT2D eigenvalue weighted by atomic mass is 10.1. The third-order valence-corrected chi connectivity index (χ3v) is 2.81. The Hall–Kier alpha value is -1.59. The highest BCUT2D eigenvalue weighted by atomic mass is 16.5. The van der Waals surface area contributed by atoms with E-state index in [0.717, 1.165) is 17.0 Å². The summed E-state index contributed by atoms with van der Waals surface area (Å²) in [4.78, 5) is 0. The summed E-state index contributed by atoms with van der Waals surface area (Å²) in [5.74, 6) is 0.844. The van der Waals surface area contributed by atoms with Crippen LogP contribution in [0.3, 0.4) is 0 Å². The Morgan fingerprint density at radius 1 is 1.53 bits per heavy atom. The molecule has 0 amide bonds. The number of methoxy groups -OCH3 is 1. The van der Waals surface area contributed by atoms with E-state index in [4.69, 9.17) is 14.9 Å². The number of nitrogens with zero attached hydrogens (tertiary/aromatic N) is 2. The van der Waals surface area contributed by atoms with Gasteiger partial charge in [-0.2, -0.15) is 5.10 Å². The van der Waals surface area contributed by atoms with Gasteiger partial charge in [-0.1, -0.05) is 0 Å². The fourth-order valence-electron chi connectivity index (χ4n) is 1.85. The molecule has 2 N–H and O–H groups in total. The van der Waals surface area contributed by atoms with Gasteiger partial charge in [0.1, 0.15) is 5.76 Å². The molecule has 1 unspecified atom stereocenters. The largest absolute Gasteiger partial charge is 0.469 e. The first-order valence-electron chi connectivity index (χ1n) is 5.54. The predicted octanol–water partition coefficient (Wildman–Crippen LogP) is 1.48. The van der Waals surface area contributed by atoms with Crippen LogP contribution in [0, 0.1) is 6.92 Å². The molecule has 0 aliphatic heterocycles. The SMILES string of the molecule is COCCn1nccc1C(N)c1ccoc1C. The van der Waals surface area contributed by atoms with Crippen LogP contribution in [0.5, 0.6) is 0 Å². The first-order valence-corrected chi connectivity index (χ1v) is 5.54. The van der Waals surface area contributed by atoms with Crippen molar-refractivity contribution in [3.05, 3.63) is 41.6 Å². The van der Waals surface area contributed by atoms with Crippen LogP contribution in [-0.4, -0.2) is 23.5 Å². The Bertz CT molecular complexity index is 476. The fourth-order valence-corrected chi connectivity index (χ4v) is 1.85. The van der Waals surface area contributed by atoms with E-state index < -0.39 is 0 Å². The van der Waals surface area contributed by atoms with E-state index in [1.807, 2.05) is 23.7 Å². The van der Waals surface area contributed by atoms with E-state index in [-0.39, 0.29) is 6.04 Å². The van der Waals surface area contributed by atoms with Crippen molar-refractivity contribution in [2.24, 2.45) is 5.73 Å². The normalized spacial score (nSPS) is 12.9. The monoisotopic (exact) mass is 235 g/mol. The van der Waals surface area contributed by atoms with Crippen molar-refractivity contribution in [3.63, 3.8) is 0 Å². The number of aromatic nitrogens is 2. The lowest BCUT2D eigenvalue weighted by molar-refractivity contribution is 0.182. The van der Waals surface area contributed by atoms with Crippen LogP contribution < -0.4 is 5.73 Å². The molecule has 0 fully saturated rings. The van der Waals surface area contributed by atoms with Crippen LogP contribution in [0.4, 0.5) is 0 Å². The molecular weight excluding hydrogens is 218 g/mol. The average molecular weight is 235 g/mol. The summed E-state index contributed by atoms with van der Waals surface area (Å²) >= 11 is 0. The van der Waals surface area contributed by atoms with Gasteiger partial charge in [0.15, 0.2) is 0 Å². The Morgan fingerprint density at radius 2 is 2.35 bits per heavy atom. The number of rotatable bonds is 5. The first-order chi connectivity index (χ1) is 8.24. The quantitative estimate of drug-likeness (QED) is 0.852. The summed E-state index contributed by atoms with van der Waals surface area (Å²) in [6, 6.07) is 3.61. The number of aryl methyl sites for hydroxylation is 1. The molecule has 5 nitrogen and oxygen atoms in total. The molecule has 0 aromatic carbocycles. The van der Waals surface area contributed by atoms with Crippen molar-refractivity contribution >= 4 is 0 Å². The zero-order valence-electron chi connectivity index (χ0n) is 10.1. The molecule has 17 heavy (non-hydrogen) atoms. The van der Waals surface area contributed by atoms with Gasteiger partial charge in [-0.15, -0.1) is 0 Å². The Labute approximate surface area is 100 Å². The van der Waals surface area contributed by atoms with E-state index in [1.165, 1.54) is 0 Å². The van der Waals surface area contributed by atoms with Crippen molar-refractivity contribution in [2.75, 3.05) is 13.7 Å². The molecule has 2 aromatic heterocycles. The number of hydrogen-bond acceptors (Lipinski definition) is 4. The molecule has 0 saturated carbocycles. The maximum Gasteiger partial charge on any atom is 0.105 e.